The van der Waals surface area contributed by atoms with Gasteiger partial charge in [0.25, 0.3) is 0 Å². The van der Waals surface area contributed by atoms with Crippen LogP contribution in [0.25, 0.3) is 10.9 Å². The normalized spacial score (nSPS) is 16.1. The number of benzene rings is 1. The SMILES string of the molecule is CN1CCc2c(c3c(Br)cc(Cl)c(F)c3n2C(F)F)C1. The summed E-state index contributed by atoms with van der Waals surface area (Å²) in [6, 6.07) is 1.42. The first-order chi connectivity index (χ1) is 9.41. The van der Waals surface area contributed by atoms with Gasteiger partial charge in [-0.1, -0.05) is 27.5 Å². The summed E-state index contributed by atoms with van der Waals surface area (Å²) in [5.41, 5.74) is 1.13. The summed E-state index contributed by atoms with van der Waals surface area (Å²) in [7, 11) is 1.91. The van der Waals surface area contributed by atoms with E-state index in [2.05, 4.69) is 15.9 Å². The van der Waals surface area contributed by atoms with Crippen molar-refractivity contribution in [2.75, 3.05) is 13.6 Å². The first-order valence-corrected chi connectivity index (χ1v) is 7.24. The standard InChI is InChI=1S/C13H11BrClF3N2/c1-19-3-2-9-6(5-19)10-7(14)4-8(15)11(16)12(10)20(9)13(17)18/h4,13H,2-3,5H2,1H3. The quantitative estimate of drug-likeness (QED) is 0.670. The molecule has 3 rings (SSSR count). The van der Waals surface area contributed by atoms with Gasteiger partial charge in [0.2, 0.25) is 0 Å². The van der Waals surface area contributed by atoms with E-state index in [4.69, 9.17) is 11.6 Å². The molecule has 0 N–H and O–H groups in total. The van der Waals surface area contributed by atoms with Gasteiger partial charge in [0, 0.05) is 35.1 Å². The first-order valence-electron chi connectivity index (χ1n) is 6.07. The Morgan fingerprint density at radius 3 is 2.75 bits per heavy atom. The molecule has 0 atom stereocenters. The lowest BCUT2D eigenvalue weighted by atomic mass is 10.0. The zero-order valence-electron chi connectivity index (χ0n) is 10.6. The zero-order valence-corrected chi connectivity index (χ0v) is 12.9. The Hall–Kier alpha value is -0.720. The van der Waals surface area contributed by atoms with Crippen LogP contribution in [0.5, 0.6) is 0 Å². The minimum atomic E-state index is -2.79. The van der Waals surface area contributed by atoms with Crippen LogP contribution in [0.2, 0.25) is 5.02 Å². The molecule has 1 aromatic heterocycles. The molecular weight excluding hydrogens is 357 g/mol. The topological polar surface area (TPSA) is 8.17 Å². The third-order valence-corrected chi connectivity index (χ3v) is 4.58. The van der Waals surface area contributed by atoms with Gasteiger partial charge in [0.05, 0.1) is 10.5 Å². The maximum Gasteiger partial charge on any atom is 0.319 e. The van der Waals surface area contributed by atoms with E-state index in [1.54, 1.807) is 0 Å². The Morgan fingerprint density at radius 2 is 2.10 bits per heavy atom. The van der Waals surface area contributed by atoms with Crippen LogP contribution in [-0.2, 0) is 13.0 Å². The number of hydrogen-bond donors (Lipinski definition) is 0. The molecule has 0 bridgehead atoms. The summed E-state index contributed by atoms with van der Waals surface area (Å²) >= 11 is 9.10. The Bertz CT molecular complexity index is 699. The zero-order chi connectivity index (χ0) is 14.6. The average molecular weight is 368 g/mol. The van der Waals surface area contributed by atoms with Crippen LogP contribution in [0.3, 0.4) is 0 Å². The van der Waals surface area contributed by atoms with Crippen molar-refractivity contribution in [3.05, 3.63) is 32.6 Å². The molecule has 2 nitrogen and oxygen atoms in total. The van der Waals surface area contributed by atoms with Crippen molar-refractivity contribution < 1.29 is 13.2 Å². The molecule has 0 amide bonds. The second-order valence-electron chi connectivity index (χ2n) is 4.94. The molecule has 7 heteroatoms. The first kappa shape index (κ1) is 14.2. The van der Waals surface area contributed by atoms with E-state index in [-0.39, 0.29) is 10.5 Å². The molecule has 1 aromatic carbocycles. The maximum absolute atomic E-state index is 14.3. The van der Waals surface area contributed by atoms with Gasteiger partial charge in [-0.15, -0.1) is 0 Å². The number of likely N-dealkylation sites (N-methyl/N-ethyl adjacent to an activating group) is 1. The van der Waals surface area contributed by atoms with Crippen molar-refractivity contribution in [1.29, 1.82) is 0 Å². The monoisotopic (exact) mass is 366 g/mol. The van der Waals surface area contributed by atoms with Crippen molar-refractivity contribution >= 4 is 38.4 Å². The molecule has 0 radical (unpaired) electrons. The van der Waals surface area contributed by atoms with Crippen LogP contribution in [0.1, 0.15) is 17.8 Å². The number of halogens is 5. The molecule has 108 valence electrons. The van der Waals surface area contributed by atoms with Crippen LogP contribution in [0.4, 0.5) is 13.2 Å². The average Bonchev–Trinajstić information content (AvgIpc) is 2.70. The van der Waals surface area contributed by atoms with E-state index < -0.39 is 12.4 Å². The summed E-state index contributed by atoms with van der Waals surface area (Å²) in [6.07, 6.45) is 0.467. The Kier molecular flexibility index (Phi) is 3.51. The molecule has 20 heavy (non-hydrogen) atoms. The van der Waals surface area contributed by atoms with Gasteiger partial charge in [0.1, 0.15) is 0 Å². The van der Waals surface area contributed by atoms with Gasteiger partial charge >= 0.3 is 6.55 Å². The van der Waals surface area contributed by atoms with Gasteiger partial charge in [-0.3, -0.25) is 4.57 Å². The molecular formula is C13H11BrClF3N2. The van der Waals surface area contributed by atoms with E-state index in [0.29, 0.717) is 35.1 Å². The molecule has 0 spiro atoms. The number of aromatic nitrogens is 1. The molecule has 0 saturated carbocycles. The second-order valence-corrected chi connectivity index (χ2v) is 6.20. The Balaban J connectivity index is 2.46. The van der Waals surface area contributed by atoms with Gasteiger partial charge in [-0.2, -0.15) is 8.78 Å². The van der Waals surface area contributed by atoms with Gasteiger partial charge in [-0.25, -0.2) is 4.39 Å². The predicted octanol–water partition coefficient (Wildman–Crippen LogP) is 4.58. The fourth-order valence-electron chi connectivity index (χ4n) is 2.82. The third-order valence-electron chi connectivity index (χ3n) is 3.68. The highest BCUT2D eigenvalue weighted by atomic mass is 79.9. The molecule has 1 aliphatic rings. The highest BCUT2D eigenvalue weighted by Crippen LogP contribution is 2.41. The van der Waals surface area contributed by atoms with E-state index in [1.165, 1.54) is 6.07 Å². The molecule has 0 saturated heterocycles. The highest BCUT2D eigenvalue weighted by Gasteiger charge is 2.29. The maximum atomic E-state index is 14.3. The van der Waals surface area contributed by atoms with E-state index in [1.807, 2.05) is 11.9 Å². The smallest absolute Gasteiger partial charge is 0.302 e. The molecule has 0 fully saturated rings. The summed E-state index contributed by atoms with van der Waals surface area (Å²) in [5.74, 6) is -0.790. The van der Waals surface area contributed by atoms with Crippen LogP contribution in [0, 0.1) is 5.82 Å². The molecule has 1 aliphatic heterocycles. The van der Waals surface area contributed by atoms with Crippen LogP contribution < -0.4 is 0 Å². The van der Waals surface area contributed by atoms with Crippen LogP contribution in [0.15, 0.2) is 10.5 Å². The van der Waals surface area contributed by atoms with Crippen molar-refractivity contribution in [1.82, 2.24) is 9.47 Å². The predicted molar refractivity (Wildman–Crippen MR) is 75.9 cm³/mol. The minimum absolute atomic E-state index is 0.111. The lowest BCUT2D eigenvalue weighted by Gasteiger charge is -2.24. The summed E-state index contributed by atoms with van der Waals surface area (Å²) in [6.45, 7) is -1.60. The molecule has 0 aliphatic carbocycles. The van der Waals surface area contributed by atoms with E-state index in [9.17, 15) is 13.2 Å². The summed E-state index contributed by atoms with van der Waals surface area (Å²) in [4.78, 5) is 2.02. The molecule has 2 aromatic rings. The number of rotatable bonds is 1. The third kappa shape index (κ3) is 1.96. The Labute approximate surface area is 127 Å². The second kappa shape index (κ2) is 4.93. The largest absolute Gasteiger partial charge is 0.319 e. The fourth-order valence-corrected chi connectivity index (χ4v) is 3.81. The van der Waals surface area contributed by atoms with E-state index >= 15 is 0 Å². The molecule has 0 unspecified atom stereocenters. The van der Waals surface area contributed by atoms with Crippen molar-refractivity contribution in [2.24, 2.45) is 0 Å². The minimum Gasteiger partial charge on any atom is -0.302 e. The number of fused-ring (bicyclic) bond motifs is 3. The number of hydrogen-bond acceptors (Lipinski definition) is 1. The number of alkyl halides is 2. The van der Waals surface area contributed by atoms with Crippen molar-refractivity contribution in [3.63, 3.8) is 0 Å². The lowest BCUT2D eigenvalue weighted by molar-refractivity contribution is 0.0703. The van der Waals surface area contributed by atoms with Crippen LogP contribution >= 0.6 is 27.5 Å². The van der Waals surface area contributed by atoms with Gasteiger partial charge < -0.3 is 4.90 Å². The lowest BCUT2D eigenvalue weighted by Crippen LogP contribution is -2.27. The van der Waals surface area contributed by atoms with Crippen molar-refractivity contribution in [2.45, 2.75) is 19.5 Å². The fraction of sp³-hybridized carbons (Fsp3) is 0.385. The summed E-state index contributed by atoms with van der Waals surface area (Å²) < 4.78 is 42.4. The van der Waals surface area contributed by atoms with Gasteiger partial charge in [-0.05, 0) is 18.7 Å². The Morgan fingerprint density at radius 1 is 1.40 bits per heavy atom. The highest BCUT2D eigenvalue weighted by molar-refractivity contribution is 9.10. The molecule has 2 heterocycles. The van der Waals surface area contributed by atoms with E-state index in [0.717, 1.165) is 10.1 Å². The number of nitrogens with zero attached hydrogens (tertiary/aromatic N) is 2. The van der Waals surface area contributed by atoms with Crippen LogP contribution in [-0.4, -0.2) is 23.1 Å². The van der Waals surface area contributed by atoms with Gasteiger partial charge in [0.15, 0.2) is 5.82 Å². The van der Waals surface area contributed by atoms with Crippen molar-refractivity contribution in [3.8, 4) is 0 Å². The summed E-state index contributed by atoms with van der Waals surface area (Å²) in [5, 5.41) is 0.336.